The Bertz CT molecular complexity index is 1140. The summed E-state index contributed by atoms with van der Waals surface area (Å²) in [4.78, 5) is 12.5. The van der Waals surface area contributed by atoms with Crippen LogP contribution in [0.4, 0.5) is 30.7 Å². The standard InChI is InChI=1S/C21H16F7N3O2/c1-12(11-33-17-8-3-2-7-16(17)22)30-19(32)15-10-29-31(18(15)21(26,27)28)14-6-4-5-13(9-14)20(23,24)25/h2-10,12H,11H2,1H3,(H,30,32). The van der Waals surface area contributed by atoms with E-state index in [4.69, 9.17) is 4.74 Å². The van der Waals surface area contributed by atoms with Crippen LogP contribution in [0.25, 0.3) is 5.69 Å². The van der Waals surface area contributed by atoms with Crippen molar-refractivity contribution in [2.45, 2.75) is 25.3 Å². The molecule has 3 rings (SSSR count). The maximum atomic E-state index is 13.7. The molecule has 1 aromatic heterocycles. The van der Waals surface area contributed by atoms with Gasteiger partial charge in [-0.3, -0.25) is 4.79 Å². The van der Waals surface area contributed by atoms with Crippen LogP contribution in [0.3, 0.4) is 0 Å². The predicted molar refractivity (Wildman–Crippen MR) is 102 cm³/mol. The van der Waals surface area contributed by atoms with E-state index in [1.165, 1.54) is 25.1 Å². The highest BCUT2D eigenvalue weighted by Gasteiger charge is 2.41. The number of carbonyl (C=O) groups is 1. The van der Waals surface area contributed by atoms with E-state index in [1.54, 1.807) is 0 Å². The van der Waals surface area contributed by atoms with Crippen molar-refractivity contribution in [2.24, 2.45) is 0 Å². The first-order chi connectivity index (χ1) is 15.4. The molecule has 2 aromatic carbocycles. The minimum Gasteiger partial charge on any atom is -0.488 e. The van der Waals surface area contributed by atoms with Crippen LogP contribution in [-0.2, 0) is 12.4 Å². The van der Waals surface area contributed by atoms with Gasteiger partial charge in [0.25, 0.3) is 5.91 Å². The Morgan fingerprint density at radius 1 is 1.06 bits per heavy atom. The van der Waals surface area contributed by atoms with Gasteiger partial charge in [0.1, 0.15) is 6.61 Å². The molecule has 0 fully saturated rings. The van der Waals surface area contributed by atoms with Crippen LogP contribution >= 0.6 is 0 Å². The summed E-state index contributed by atoms with van der Waals surface area (Å²) in [6.45, 7) is 1.17. The fraction of sp³-hybridized carbons (Fsp3) is 0.238. The second kappa shape index (κ2) is 9.12. The average Bonchev–Trinajstić information content (AvgIpc) is 3.19. The van der Waals surface area contributed by atoms with Crippen molar-refractivity contribution in [2.75, 3.05) is 6.61 Å². The number of nitrogens with one attached hydrogen (secondary N) is 1. The molecule has 1 N–H and O–H groups in total. The molecule has 0 spiro atoms. The van der Waals surface area contributed by atoms with Crippen molar-refractivity contribution in [3.05, 3.63) is 77.4 Å². The second-order valence-electron chi connectivity index (χ2n) is 6.98. The quantitative estimate of drug-likeness (QED) is 0.496. The van der Waals surface area contributed by atoms with Gasteiger partial charge in [0, 0.05) is 0 Å². The van der Waals surface area contributed by atoms with E-state index in [0.29, 0.717) is 18.3 Å². The molecular weight excluding hydrogens is 459 g/mol. The molecule has 1 amide bonds. The molecule has 33 heavy (non-hydrogen) atoms. The van der Waals surface area contributed by atoms with E-state index in [-0.39, 0.29) is 17.0 Å². The molecule has 1 heterocycles. The van der Waals surface area contributed by atoms with Crippen LogP contribution in [0.15, 0.2) is 54.7 Å². The highest BCUT2D eigenvalue weighted by Crippen LogP contribution is 2.35. The van der Waals surface area contributed by atoms with Crippen molar-refractivity contribution in [1.82, 2.24) is 15.1 Å². The monoisotopic (exact) mass is 475 g/mol. The average molecular weight is 475 g/mol. The molecule has 0 saturated carbocycles. The summed E-state index contributed by atoms with van der Waals surface area (Å²) in [6, 6.07) is 7.73. The molecule has 0 aliphatic heterocycles. The third-order valence-corrected chi connectivity index (χ3v) is 4.40. The number of ether oxygens (including phenoxy) is 1. The molecule has 1 unspecified atom stereocenters. The number of alkyl halides is 6. The first kappa shape index (κ1) is 24.1. The molecule has 0 radical (unpaired) electrons. The SMILES string of the molecule is CC(COc1ccccc1F)NC(=O)c1cnn(-c2cccc(C(F)(F)F)c2)c1C(F)(F)F. The van der Waals surface area contributed by atoms with Crippen molar-refractivity contribution in [3.8, 4) is 11.4 Å². The predicted octanol–water partition coefficient (Wildman–Crippen LogP) is 5.25. The van der Waals surface area contributed by atoms with E-state index < -0.39 is 52.6 Å². The highest BCUT2D eigenvalue weighted by atomic mass is 19.4. The van der Waals surface area contributed by atoms with Crippen LogP contribution in [0.5, 0.6) is 5.75 Å². The van der Waals surface area contributed by atoms with Gasteiger partial charge in [-0.25, -0.2) is 9.07 Å². The molecule has 1 atom stereocenters. The number of benzene rings is 2. The second-order valence-corrected chi connectivity index (χ2v) is 6.98. The van der Waals surface area contributed by atoms with Crippen LogP contribution in [0, 0.1) is 5.82 Å². The minimum atomic E-state index is -5.11. The lowest BCUT2D eigenvalue weighted by atomic mass is 10.1. The summed E-state index contributed by atoms with van der Waals surface area (Å²) in [5, 5.41) is 5.78. The number of rotatable bonds is 6. The number of para-hydroxylation sites is 1. The molecule has 0 aliphatic carbocycles. The summed E-state index contributed by atoms with van der Waals surface area (Å²) >= 11 is 0. The Hall–Kier alpha value is -3.57. The summed E-state index contributed by atoms with van der Waals surface area (Å²) in [5.41, 5.74) is -4.13. The Morgan fingerprint density at radius 3 is 2.39 bits per heavy atom. The zero-order valence-corrected chi connectivity index (χ0v) is 16.8. The van der Waals surface area contributed by atoms with Gasteiger partial charge in [-0.15, -0.1) is 0 Å². The first-order valence-electron chi connectivity index (χ1n) is 9.39. The van der Waals surface area contributed by atoms with Gasteiger partial charge in [-0.2, -0.15) is 31.4 Å². The molecule has 0 saturated heterocycles. The topological polar surface area (TPSA) is 56.1 Å². The molecule has 176 valence electrons. The van der Waals surface area contributed by atoms with Crippen LogP contribution in [0.1, 0.15) is 28.5 Å². The lowest BCUT2D eigenvalue weighted by Crippen LogP contribution is -2.37. The summed E-state index contributed by atoms with van der Waals surface area (Å²) < 4.78 is 99.2. The minimum absolute atomic E-state index is 0.105. The van der Waals surface area contributed by atoms with Gasteiger partial charge in [0.15, 0.2) is 17.3 Å². The summed E-state index contributed by atoms with van der Waals surface area (Å²) in [7, 11) is 0. The molecule has 3 aromatic rings. The van der Waals surface area contributed by atoms with Gasteiger partial charge in [-0.1, -0.05) is 18.2 Å². The Balaban J connectivity index is 1.84. The number of nitrogens with zero attached hydrogens (tertiary/aromatic N) is 2. The van der Waals surface area contributed by atoms with E-state index >= 15 is 0 Å². The molecule has 5 nitrogen and oxygen atoms in total. The van der Waals surface area contributed by atoms with Crippen LogP contribution < -0.4 is 10.1 Å². The normalized spacial score (nSPS) is 13.0. The Labute approximate surface area is 182 Å². The number of hydrogen-bond donors (Lipinski definition) is 1. The number of halogens is 7. The van der Waals surface area contributed by atoms with E-state index in [2.05, 4.69) is 10.4 Å². The lowest BCUT2D eigenvalue weighted by Gasteiger charge is -2.17. The zero-order chi connectivity index (χ0) is 24.4. The van der Waals surface area contributed by atoms with E-state index in [0.717, 1.165) is 18.2 Å². The van der Waals surface area contributed by atoms with Crippen molar-refractivity contribution >= 4 is 5.91 Å². The van der Waals surface area contributed by atoms with Gasteiger partial charge < -0.3 is 10.1 Å². The van der Waals surface area contributed by atoms with Gasteiger partial charge >= 0.3 is 12.4 Å². The summed E-state index contributed by atoms with van der Waals surface area (Å²) in [5.74, 6) is -1.94. The Morgan fingerprint density at radius 2 is 1.76 bits per heavy atom. The largest absolute Gasteiger partial charge is 0.488 e. The smallest absolute Gasteiger partial charge is 0.434 e. The van der Waals surface area contributed by atoms with Gasteiger partial charge in [0.05, 0.1) is 29.1 Å². The maximum Gasteiger partial charge on any atom is 0.434 e. The van der Waals surface area contributed by atoms with E-state index in [1.807, 2.05) is 0 Å². The summed E-state index contributed by atoms with van der Waals surface area (Å²) in [6.07, 6.45) is -9.28. The van der Waals surface area contributed by atoms with Crippen molar-refractivity contribution in [1.29, 1.82) is 0 Å². The fourth-order valence-corrected chi connectivity index (χ4v) is 2.92. The number of aromatic nitrogens is 2. The lowest BCUT2D eigenvalue weighted by molar-refractivity contribution is -0.143. The molecular formula is C21H16F7N3O2. The van der Waals surface area contributed by atoms with Gasteiger partial charge in [-0.05, 0) is 37.3 Å². The molecule has 12 heteroatoms. The fourth-order valence-electron chi connectivity index (χ4n) is 2.92. The third-order valence-electron chi connectivity index (χ3n) is 4.40. The molecule has 0 aliphatic rings. The molecule has 0 bridgehead atoms. The van der Waals surface area contributed by atoms with Crippen LogP contribution in [-0.4, -0.2) is 28.3 Å². The third kappa shape index (κ3) is 5.62. The highest BCUT2D eigenvalue weighted by molar-refractivity contribution is 5.95. The first-order valence-corrected chi connectivity index (χ1v) is 9.39. The Kier molecular flexibility index (Phi) is 6.65. The number of amides is 1. The number of carbonyl (C=O) groups excluding carboxylic acids is 1. The van der Waals surface area contributed by atoms with Gasteiger partial charge in [0.2, 0.25) is 0 Å². The maximum absolute atomic E-state index is 13.7. The van der Waals surface area contributed by atoms with Crippen molar-refractivity contribution < 1.29 is 40.3 Å². The van der Waals surface area contributed by atoms with Crippen molar-refractivity contribution in [3.63, 3.8) is 0 Å². The van der Waals surface area contributed by atoms with E-state index in [9.17, 15) is 35.5 Å². The van der Waals surface area contributed by atoms with Crippen LogP contribution in [0.2, 0.25) is 0 Å². The zero-order valence-electron chi connectivity index (χ0n) is 16.8. The number of hydrogen-bond acceptors (Lipinski definition) is 3.